The largest absolute Gasteiger partial charge is 0.369 e. The average molecular weight is 346 g/mol. The first kappa shape index (κ1) is 16.7. The maximum absolute atomic E-state index is 10.7. The van der Waals surface area contributed by atoms with Gasteiger partial charge in [-0.1, -0.05) is 29.8 Å². The van der Waals surface area contributed by atoms with Gasteiger partial charge in [0.25, 0.3) is 5.69 Å². The second-order valence-electron chi connectivity index (χ2n) is 6.12. The molecule has 0 atom stereocenters. The minimum absolute atomic E-state index is 0.139. The zero-order chi connectivity index (χ0) is 17.1. The normalized spacial score (nSPS) is 15.5. The van der Waals surface area contributed by atoms with Crippen molar-refractivity contribution in [1.29, 1.82) is 0 Å². The summed E-state index contributed by atoms with van der Waals surface area (Å²) in [6.45, 7) is 6.75. The van der Waals surface area contributed by atoms with Crippen molar-refractivity contribution in [3.8, 4) is 0 Å². The van der Waals surface area contributed by atoms with E-state index in [9.17, 15) is 10.1 Å². The Bertz CT molecular complexity index is 726. The van der Waals surface area contributed by atoms with Crippen LogP contribution in [0.3, 0.4) is 0 Å². The first-order chi connectivity index (χ1) is 11.5. The Labute approximate surface area is 146 Å². The number of nitrogens with zero attached hydrogens (tertiary/aromatic N) is 3. The van der Waals surface area contributed by atoms with Crippen LogP contribution in [0.2, 0.25) is 5.02 Å². The number of hydrogen-bond donors (Lipinski definition) is 0. The van der Waals surface area contributed by atoms with Crippen molar-refractivity contribution in [3.63, 3.8) is 0 Å². The second-order valence-corrected chi connectivity index (χ2v) is 6.55. The van der Waals surface area contributed by atoms with Crippen LogP contribution >= 0.6 is 11.6 Å². The third kappa shape index (κ3) is 3.86. The van der Waals surface area contributed by atoms with Crippen LogP contribution in [0.25, 0.3) is 0 Å². The van der Waals surface area contributed by atoms with E-state index in [0.717, 1.165) is 43.3 Å². The molecule has 2 aromatic rings. The third-order valence-corrected chi connectivity index (χ3v) is 4.67. The van der Waals surface area contributed by atoms with Gasteiger partial charge in [-0.25, -0.2) is 0 Å². The van der Waals surface area contributed by atoms with E-state index in [-0.39, 0.29) is 10.6 Å². The number of non-ortho nitro benzene ring substituents is 1. The Morgan fingerprint density at radius 2 is 1.75 bits per heavy atom. The van der Waals surface area contributed by atoms with E-state index in [0.29, 0.717) is 0 Å². The highest BCUT2D eigenvalue weighted by Crippen LogP contribution is 2.25. The average Bonchev–Trinajstić information content (AvgIpc) is 2.58. The van der Waals surface area contributed by atoms with Gasteiger partial charge in [0.1, 0.15) is 0 Å². The summed E-state index contributed by atoms with van der Waals surface area (Å²) in [5.74, 6) is 0. The highest BCUT2D eigenvalue weighted by Gasteiger charge is 2.19. The monoisotopic (exact) mass is 345 g/mol. The number of anilines is 1. The first-order valence-electron chi connectivity index (χ1n) is 8.00. The Morgan fingerprint density at radius 3 is 2.38 bits per heavy atom. The van der Waals surface area contributed by atoms with Gasteiger partial charge >= 0.3 is 0 Å². The van der Waals surface area contributed by atoms with E-state index < -0.39 is 0 Å². The zero-order valence-corrected chi connectivity index (χ0v) is 14.4. The van der Waals surface area contributed by atoms with Gasteiger partial charge in [-0.3, -0.25) is 15.0 Å². The minimum atomic E-state index is -0.365. The molecule has 1 aliphatic rings. The number of piperazine rings is 1. The van der Waals surface area contributed by atoms with Gasteiger partial charge in [-0.2, -0.15) is 0 Å². The molecule has 5 nitrogen and oxygen atoms in total. The molecule has 1 saturated heterocycles. The number of benzene rings is 2. The molecule has 0 unspecified atom stereocenters. The van der Waals surface area contributed by atoms with Gasteiger partial charge in [0.05, 0.1) is 4.92 Å². The van der Waals surface area contributed by atoms with Gasteiger partial charge in [0.2, 0.25) is 0 Å². The standard InChI is InChI=1S/C18H20ClN3O2/c1-14-2-5-16(19)12-18(14)21-10-8-20(9-11-21)13-15-3-6-17(7-4-15)22(23)24/h2-7,12H,8-11,13H2,1H3. The molecular weight excluding hydrogens is 326 g/mol. The van der Waals surface area contributed by atoms with E-state index >= 15 is 0 Å². The van der Waals surface area contributed by atoms with Crippen molar-refractivity contribution in [2.45, 2.75) is 13.5 Å². The molecule has 0 spiro atoms. The number of nitro benzene ring substituents is 1. The minimum Gasteiger partial charge on any atom is -0.369 e. The smallest absolute Gasteiger partial charge is 0.269 e. The van der Waals surface area contributed by atoms with Gasteiger partial charge in [-0.05, 0) is 30.2 Å². The van der Waals surface area contributed by atoms with Crippen molar-refractivity contribution >= 4 is 23.0 Å². The van der Waals surface area contributed by atoms with Crippen LogP contribution in [0.5, 0.6) is 0 Å². The predicted octanol–water partition coefficient (Wildman–Crippen LogP) is 3.88. The van der Waals surface area contributed by atoms with E-state index in [1.54, 1.807) is 12.1 Å². The van der Waals surface area contributed by atoms with Crippen molar-refractivity contribution in [2.24, 2.45) is 0 Å². The lowest BCUT2D eigenvalue weighted by Gasteiger charge is -2.37. The fourth-order valence-electron chi connectivity index (χ4n) is 3.05. The molecule has 1 heterocycles. The second kappa shape index (κ2) is 7.20. The number of hydrogen-bond acceptors (Lipinski definition) is 4. The Balaban J connectivity index is 1.59. The van der Waals surface area contributed by atoms with Gasteiger partial charge in [-0.15, -0.1) is 0 Å². The fourth-order valence-corrected chi connectivity index (χ4v) is 3.22. The maximum Gasteiger partial charge on any atom is 0.269 e. The molecule has 2 aromatic carbocycles. The number of aryl methyl sites for hydroxylation is 1. The van der Waals surface area contributed by atoms with Crippen LogP contribution in [-0.4, -0.2) is 36.0 Å². The SMILES string of the molecule is Cc1ccc(Cl)cc1N1CCN(Cc2ccc([N+](=O)[O-])cc2)CC1. The van der Waals surface area contributed by atoms with E-state index in [1.807, 2.05) is 24.3 Å². The molecule has 3 rings (SSSR count). The summed E-state index contributed by atoms with van der Waals surface area (Å²) >= 11 is 6.12. The van der Waals surface area contributed by atoms with Crippen LogP contribution in [0.15, 0.2) is 42.5 Å². The fraction of sp³-hybridized carbons (Fsp3) is 0.333. The lowest BCUT2D eigenvalue weighted by atomic mass is 10.1. The van der Waals surface area contributed by atoms with Crippen LogP contribution < -0.4 is 4.90 Å². The van der Waals surface area contributed by atoms with Crippen molar-refractivity contribution in [2.75, 3.05) is 31.1 Å². The summed E-state index contributed by atoms with van der Waals surface area (Å²) in [4.78, 5) is 15.1. The molecule has 0 aromatic heterocycles. The van der Waals surface area contributed by atoms with Gasteiger partial charge in [0, 0.05) is 55.6 Å². The summed E-state index contributed by atoms with van der Waals surface area (Å²) in [6, 6.07) is 12.8. The molecule has 0 saturated carbocycles. The summed E-state index contributed by atoms with van der Waals surface area (Å²) in [6.07, 6.45) is 0. The lowest BCUT2D eigenvalue weighted by molar-refractivity contribution is -0.384. The van der Waals surface area contributed by atoms with Gasteiger partial charge in [0.15, 0.2) is 0 Å². The van der Waals surface area contributed by atoms with E-state index in [1.165, 1.54) is 11.3 Å². The molecule has 6 heteroatoms. The first-order valence-corrected chi connectivity index (χ1v) is 8.37. The van der Waals surface area contributed by atoms with Crippen molar-refractivity contribution in [3.05, 3.63) is 68.7 Å². The number of halogens is 1. The van der Waals surface area contributed by atoms with Crippen LogP contribution in [0.4, 0.5) is 11.4 Å². The summed E-state index contributed by atoms with van der Waals surface area (Å²) in [7, 11) is 0. The molecule has 1 fully saturated rings. The molecule has 126 valence electrons. The van der Waals surface area contributed by atoms with E-state index in [4.69, 9.17) is 11.6 Å². The van der Waals surface area contributed by atoms with Crippen molar-refractivity contribution in [1.82, 2.24) is 4.90 Å². The van der Waals surface area contributed by atoms with Gasteiger partial charge < -0.3 is 4.90 Å². The Morgan fingerprint density at radius 1 is 1.08 bits per heavy atom. The summed E-state index contributed by atoms with van der Waals surface area (Å²) in [5.41, 5.74) is 3.69. The molecular formula is C18H20ClN3O2. The van der Waals surface area contributed by atoms with Crippen LogP contribution in [0, 0.1) is 17.0 Å². The highest BCUT2D eigenvalue weighted by atomic mass is 35.5. The van der Waals surface area contributed by atoms with Crippen LogP contribution in [-0.2, 0) is 6.54 Å². The zero-order valence-electron chi connectivity index (χ0n) is 13.6. The maximum atomic E-state index is 10.7. The molecule has 0 amide bonds. The molecule has 0 radical (unpaired) electrons. The molecule has 24 heavy (non-hydrogen) atoms. The lowest BCUT2D eigenvalue weighted by Crippen LogP contribution is -2.46. The number of nitro groups is 1. The highest BCUT2D eigenvalue weighted by molar-refractivity contribution is 6.30. The number of rotatable bonds is 4. The quantitative estimate of drug-likeness (QED) is 0.623. The Kier molecular flexibility index (Phi) is 5.02. The molecule has 0 bridgehead atoms. The topological polar surface area (TPSA) is 49.6 Å². The molecule has 1 aliphatic heterocycles. The summed E-state index contributed by atoms with van der Waals surface area (Å²) in [5, 5.41) is 11.5. The Hall–Kier alpha value is -2.11. The molecule has 0 aliphatic carbocycles. The van der Waals surface area contributed by atoms with Crippen molar-refractivity contribution < 1.29 is 4.92 Å². The van der Waals surface area contributed by atoms with Crippen LogP contribution in [0.1, 0.15) is 11.1 Å². The third-order valence-electron chi connectivity index (χ3n) is 4.44. The predicted molar refractivity (Wildman–Crippen MR) is 96.8 cm³/mol. The molecule has 0 N–H and O–H groups in total. The van der Waals surface area contributed by atoms with E-state index in [2.05, 4.69) is 22.8 Å². The summed E-state index contributed by atoms with van der Waals surface area (Å²) < 4.78 is 0.